The van der Waals surface area contributed by atoms with Crippen molar-refractivity contribution in [1.29, 1.82) is 0 Å². The quantitative estimate of drug-likeness (QED) is 0.775. The molecule has 128 valence electrons. The van der Waals surface area contributed by atoms with Crippen LogP contribution in [0.4, 0.5) is 19.1 Å². The molecule has 2 aromatic heterocycles. The number of hydrogen-bond acceptors (Lipinski definition) is 6. The minimum atomic E-state index is -4.60. The minimum absolute atomic E-state index is 0.122. The molecule has 24 heavy (non-hydrogen) atoms. The van der Waals surface area contributed by atoms with Crippen molar-refractivity contribution in [2.45, 2.75) is 25.7 Å². The Morgan fingerprint density at radius 3 is 2.71 bits per heavy atom. The van der Waals surface area contributed by atoms with Crippen molar-refractivity contribution in [3.05, 3.63) is 34.9 Å². The molecule has 2 aromatic rings. The summed E-state index contributed by atoms with van der Waals surface area (Å²) in [6.07, 6.45) is -2.97. The van der Waals surface area contributed by atoms with Crippen LogP contribution in [0.15, 0.2) is 12.3 Å². The van der Waals surface area contributed by atoms with Gasteiger partial charge in [-0.2, -0.15) is 18.3 Å². The number of methoxy groups -OCH3 is 1. The summed E-state index contributed by atoms with van der Waals surface area (Å²) in [6, 6.07) is -0.0699. The molecule has 10 heteroatoms. The van der Waals surface area contributed by atoms with E-state index in [-0.39, 0.29) is 18.2 Å². The Morgan fingerprint density at radius 2 is 2.08 bits per heavy atom. The molecular weight excluding hydrogens is 327 g/mol. The lowest BCUT2D eigenvalue weighted by Crippen LogP contribution is -2.31. The van der Waals surface area contributed by atoms with E-state index in [9.17, 15) is 18.0 Å². The second-order valence-corrected chi connectivity index (χ2v) is 5.45. The largest absolute Gasteiger partial charge is 0.467 e. The third-order valence-electron chi connectivity index (χ3n) is 3.68. The zero-order chi connectivity index (χ0) is 17.6. The molecule has 1 aliphatic heterocycles. The molecule has 0 radical (unpaired) electrons. The van der Waals surface area contributed by atoms with Gasteiger partial charge in [0.05, 0.1) is 19.3 Å². The topological polar surface area (TPSA) is 73.1 Å². The first-order chi connectivity index (χ1) is 11.2. The molecule has 0 saturated carbocycles. The molecule has 1 unspecified atom stereocenters. The number of esters is 1. The highest BCUT2D eigenvalue weighted by atomic mass is 19.4. The van der Waals surface area contributed by atoms with E-state index in [1.54, 1.807) is 13.2 Å². The number of carbonyl (C=O) groups excluding carboxylic acids is 1. The van der Waals surface area contributed by atoms with Gasteiger partial charge in [-0.1, -0.05) is 0 Å². The van der Waals surface area contributed by atoms with E-state index in [1.165, 1.54) is 23.6 Å². The van der Waals surface area contributed by atoms with Gasteiger partial charge in [0.25, 0.3) is 0 Å². The van der Waals surface area contributed by atoms with Crippen LogP contribution in [0.3, 0.4) is 0 Å². The Hall–Kier alpha value is -2.65. The zero-order valence-electron chi connectivity index (χ0n) is 13.1. The third kappa shape index (κ3) is 2.68. The molecule has 0 aromatic carbocycles. The molecule has 0 N–H and O–H groups in total. The second kappa shape index (κ2) is 5.46. The highest BCUT2D eigenvalue weighted by Crippen LogP contribution is 2.37. The van der Waals surface area contributed by atoms with Gasteiger partial charge in [-0.3, -0.25) is 4.68 Å². The highest BCUT2D eigenvalue weighted by Gasteiger charge is 2.41. The standard InChI is InChI=1S/C14H14F3N5O2/c1-7-4-10(14(15,16)17)19-13(18-7)22-6-9-8(5-21(2)20-9)11(22)12(23)24-3/h4-5,11H,6H2,1-3H3. The number of anilines is 1. The van der Waals surface area contributed by atoms with Crippen molar-refractivity contribution >= 4 is 11.9 Å². The number of carbonyl (C=O) groups is 1. The lowest BCUT2D eigenvalue weighted by atomic mass is 10.1. The normalized spacial score (nSPS) is 17.1. The molecule has 0 bridgehead atoms. The van der Waals surface area contributed by atoms with E-state index >= 15 is 0 Å². The summed E-state index contributed by atoms with van der Waals surface area (Å²) in [5.74, 6) is -0.793. The van der Waals surface area contributed by atoms with Crippen LogP contribution in [0.5, 0.6) is 0 Å². The van der Waals surface area contributed by atoms with Gasteiger partial charge in [0.15, 0.2) is 6.04 Å². The molecule has 3 rings (SSSR count). The van der Waals surface area contributed by atoms with Crippen molar-refractivity contribution in [2.75, 3.05) is 12.0 Å². The van der Waals surface area contributed by atoms with Crippen LogP contribution in [-0.4, -0.2) is 32.8 Å². The van der Waals surface area contributed by atoms with Crippen molar-refractivity contribution in [1.82, 2.24) is 19.7 Å². The van der Waals surface area contributed by atoms with Crippen molar-refractivity contribution < 1.29 is 22.7 Å². The maximum absolute atomic E-state index is 13.0. The lowest BCUT2D eigenvalue weighted by molar-refractivity contribution is -0.142. The first kappa shape index (κ1) is 16.2. The fraction of sp³-hybridized carbons (Fsp3) is 0.429. The number of aryl methyl sites for hydroxylation is 2. The number of hydrogen-bond donors (Lipinski definition) is 0. The van der Waals surface area contributed by atoms with Crippen LogP contribution in [-0.2, 0) is 29.3 Å². The van der Waals surface area contributed by atoms with Gasteiger partial charge in [0.1, 0.15) is 5.69 Å². The van der Waals surface area contributed by atoms with Gasteiger partial charge in [0.2, 0.25) is 5.95 Å². The van der Waals surface area contributed by atoms with E-state index in [0.717, 1.165) is 6.07 Å². The zero-order valence-corrected chi connectivity index (χ0v) is 13.1. The molecular formula is C14H14F3N5O2. The monoisotopic (exact) mass is 341 g/mol. The van der Waals surface area contributed by atoms with Crippen LogP contribution < -0.4 is 4.90 Å². The van der Waals surface area contributed by atoms with Gasteiger partial charge >= 0.3 is 12.1 Å². The lowest BCUT2D eigenvalue weighted by Gasteiger charge is -2.24. The first-order valence-corrected chi connectivity index (χ1v) is 7.00. The predicted octanol–water partition coefficient (Wildman–Crippen LogP) is 1.77. The fourth-order valence-corrected chi connectivity index (χ4v) is 2.70. The number of aromatic nitrogens is 4. The second-order valence-electron chi connectivity index (χ2n) is 5.45. The molecule has 0 amide bonds. The van der Waals surface area contributed by atoms with Crippen LogP contribution in [0.1, 0.15) is 28.7 Å². The molecule has 0 saturated heterocycles. The summed E-state index contributed by atoms with van der Waals surface area (Å²) >= 11 is 0. The highest BCUT2D eigenvalue weighted by molar-refractivity contribution is 5.82. The average molecular weight is 341 g/mol. The summed E-state index contributed by atoms with van der Waals surface area (Å²) in [5, 5.41) is 4.22. The maximum Gasteiger partial charge on any atom is 0.433 e. The number of rotatable bonds is 2. The van der Waals surface area contributed by atoms with Crippen molar-refractivity contribution in [3.63, 3.8) is 0 Å². The number of fused-ring (bicyclic) bond motifs is 1. The number of alkyl halides is 3. The first-order valence-electron chi connectivity index (χ1n) is 7.00. The third-order valence-corrected chi connectivity index (χ3v) is 3.68. The molecule has 0 spiro atoms. The molecule has 1 aliphatic rings. The summed E-state index contributed by atoms with van der Waals surface area (Å²) in [4.78, 5) is 21.2. The SMILES string of the molecule is COC(=O)C1c2cn(C)nc2CN1c1nc(C)cc(C(F)(F)F)n1. The van der Waals surface area contributed by atoms with E-state index in [1.807, 2.05) is 0 Å². The van der Waals surface area contributed by atoms with Gasteiger partial charge in [-0.15, -0.1) is 0 Å². The average Bonchev–Trinajstić information content (AvgIpc) is 3.00. The maximum atomic E-state index is 13.0. The number of nitrogens with zero attached hydrogens (tertiary/aromatic N) is 5. The summed E-state index contributed by atoms with van der Waals surface area (Å²) in [7, 11) is 2.91. The Labute approximate surface area is 135 Å². The van der Waals surface area contributed by atoms with E-state index in [0.29, 0.717) is 11.3 Å². The van der Waals surface area contributed by atoms with Crippen LogP contribution in [0, 0.1) is 6.92 Å². The molecule has 7 nitrogen and oxygen atoms in total. The van der Waals surface area contributed by atoms with Crippen LogP contribution in [0.25, 0.3) is 0 Å². The van der Waals surface area contributed by atoms with Crippen molar-refractivity contribution in [3.8, 4) is 0 Å². The van der Waals surface area contributed by atoms with Crippen LogP contribution >= 0.6 is 0 Å². The molecule has 0 aliphatic carbocycles. The summed E-state index contributed by atoms with van der Waals surface area (Å²) in [6.45, 7) is 1.56. The predicted molar refractivity (Wildman–Crippen MR) is 75.9 cm³/mol. The van der Waals surface area contributed by atoms with Crippen LogP contribution in [0.2, 0.25) is 0 Å². The Kier molecular flexibility index (Phi) is 3.69. The van der Waals surface area contributed by atoms with E-state index < -0.39 is 23.9 Å². The van der Waals surface area contributed by atoms with E-state index in [2.05, 4.69) is 15.1 Å². The fourth-order valence-electron chi connectivity index (χ4n) is 2.70. The van der Waals surface area contributed by atoms with Gasteiger partial charge in [-0.25, -0.2) is 14.8 Å². The van der Waals surface area contributed by atoms with Gasteiger partial charge < -0.3 is 9.64 Å². The minimum Gasteiger partial charge on any atom is -0.467 e. The Morgan fingerprint density at radius 1 is 1.38 bits per heavy atom. The molecule has 0 fully saturated rings. The summed E-state index contributed by atoms with van der Waals surface area (Å²) in [5.41, 5.74) is 0.245. The summed E-state index contributed by atoms with van der Waals surface area (Å²) < 4.78 is 45.3. The van der Waals surface area contributed by atoms with Gasteiger partial charge in [-0.05, 0) is 13.0 Å². The smallest absolute Gasteiger partial charge is 0.433 e. The van der Waals surface area contributed by atoms with E-state index in [4.69, 9.17) is 4.74 Å². The van der Waals surface area contributed by atoms with Gasteiger partial charge in [0, 0.05) is 24.5 Å². The molecule has 1 atom stereocenters. The Bertz CT molecular complexity index is 802. The molecule has 3 heterocycles. The van der Waals surface area contributed by atoms with Crippen molar-refractivity contribution in [2.24, 2.45) is 7.05 Å². The number of ether oxygens (including phenoxy) is 1. The number of halogens is 3. The Balaban J connectivity index is 2.07.